The highest BCUT2D eigenvalue weighted by Crippen LogP contribution is 2.38. The summed E-state index contributed by atoms with van der Waals surface area (Å²) in [6.07, 6.45) is 0. The van der Waals surface area contributed by atoms with Gasteiger partial charge in [0, 0.05) is 37.9 Å². The third kappa shape index (κ3) is 5.70. The van der Waals surface area contributed by atoms with Crippen LogP contribution < -0.4 is 14.8 Å². The number of nitrogens with one attached hydrogen (secondary N) is 1. The van der Waals surface area contributed by atoms with E-state index in [1.807, 2.05) is 6.07 Å². The lowest BCUT2D eigenvalue weighted by molar-refractivity contribution is 0.281. The van der Waals surface area contributed by atoms with Gasteiger partial charge in [0.15, 0.2) is 11.5 Å². The minimum Gasteiger partial charge on any atom is -0.493 e. The Labute approximate surface area is 191 Å². The molecular formula is C21H16BrCl3FNO2. The second-order valence-electron chi connectivity index (χ2n) is 6.09. The van der Waals surface area contributed by atoms with E-state index in [4.69, 9.17) is 44.3 Å². The maximum absolute atomic E-state index is 13.3. The first kappa shape index (κ1) is 22.0. The van der Waals surface area contributed by atoms with E-state index >= 15 is 0 Å². The predicted molar refractivity (Wildman–Crippen MR) is 120 cm³/mol. The number of anilines is 1. The van der Waals surface area contributed by atoms with Crippen LogP contribution in [0.25, 0.3) is 0 Å². The lowest BCUT2D eigenvalue weighted by atomic mass is 10.1. The molecule has 3 rings (SSSR count). The van der Waals surface area contributed by atoms with Gasteiger partial charge in [-0.05, 0) is 42.5 Å². The zero-order valence-corrected chi connectivity index (χ0v) is 19.1. The zero-order valence-electron chi connectivity index (χ0n) is 15.2. The molecule has 3 nitrogen and oxygen atoms in total. The molecule has 0 aliphatic carbocycles. The Morgan fingerprint density at radius 2 is 1.72 bits per heavy atom. The molecule has 0 amide bonds. The van der Waals surface area contributed by atoms with Crippen molar-refractivity contribution in [3.05, 3.63) is 85.0 Å². The Kier molecular flexibility index (Phi) is 7.52. The van der Waals surface area contributed by atoms with Crippen molar-refractivity contribution in [2.75, 3.05) is 12.4 Å². The van der Waals surface area contributed by atoms with Crippen molar-refractivity contribution in [2.45, 2.75) is 13.2 Å². The first-order valence-electron chi connectivity index (χ1n) is 8.49. The zero-order chi connectivity index (χ0) is 21.0. The van der Waals surface area contributed by atoms with Crippen molar-refractivity contribution in [1.82, 2.24) is 0 Å². The Hall–Kier alpha value is -1.66. The van der Waals surface area contributed by atoms with Crippen molar-refractivity contribution in [1.29, 1.82) is 0 Å². The van der Waals surface area contributed by atoms with E-state index in [0.717, 1.165) is 15.7 Å². The van der Waals surface area contributed by atoms with Crippen LogP contribution in [0.5, 0.6) is 11.5 Å². The van der Waals surface area contributed by atoms with Gasteiger partial charge in [-0.1, -0.05) is 56.8 Å². The SMILES string of the molecule is COc1ccc(Br)c(CNc2cc(Cl)cc(Cl)c2)c1OCc1ccc(F)cc1Cl. The highest BCUT2D eigenvalue weighted by molar-refractivity contribution is 9.10. The molecule has 0 aromatic heterocycles. The van der Waals surface area contributed by atoms with Crippen LogP contribution in [-0.4, -0.2) is 7.11 Å². The molecule has 0 saturated carbocycles. The molecule has 0 saturated heterocycles. The number of rotatable bonds is 7. The van der Waals surface area contributed by atoms with E-state index in [-0.39, 0.29) is 6.61 Å². The van der Waals surface area contributed by atoms with Gasteiger partial charge in [0.2, 0.25) is 0 Å². The second kappa shape index (κ2) is 9.90. The third-order valence-corrected chi connectivity index (χ3v) is 5.64. The lowest BCUT2D eigenvalue weighted by Crippen LogP contribution is -2.06. The monoisotopic (exact) mass is 517 g/mol. The Balaban J connectivity index is 1.86. The molecule has 8 heteroatoms. The van der Waals surface area contributed by atoms with Gasteiger partial charge in [-0.3, -0.25) is 0 Å². The quantitative estimate of drug-likeness (QED) is 0.346. The van der Waals surface area contributed by atoms with E-state index in [2.05, 4.69) is 21.2 Å². The Morgan fingerprint density at radius 3 is 2.38 bits per heavy atom. The molecule has 0 bridgehead atoms. The van der Waals surface area contributed by atoms with E-state index in [1.54, 1.807) is 37.4 Å². The summed E-state index contributed by atoms with van der Waals surface area (Å²) in [5.74, 6) is 0.708. The van der Waals surface area contributed by atoms with Crippen LogP contribution >= 0.6 is 50.7 Å². The molecule has 0 radical (unpaired) electrons. The van der Waals surface area contributed by atoms with Gasteiger partial charge < -0.3 is 14.8 Å². The molecule has 0 heterocycles. The summed E-state index contributed by atoms with van der Waals surface area (Å²) in [6.45, 7) is 0.572. The summed E-state index contributed by atoms with van der Waals surface area (Å²) >= 11 is 21.8. The van der Waals surface area contributed by atoms with Crippen LogP contribution in [0.2, 0.25) is 15.1 Å². The molecule has 0 spiro atoms. The van der Waals surface area contributed by atoms with Gasteiger partial charge in [-0.15, -0.1) is 0 Å². The van der Waals surface area contributed by atoms with Gasteiger partial charge in [-0.25, -0.2) is 4.39 Å². The summed E-state index contributed by atoms with van der Waals surface area (Å²) in [6, 6.07) is 13.1. The topological polar surface area (TPSA) is 30.5 Å². The molecule has 0 aliphatic heterocycles. The average Bonchev–Trinajstić information content (AvgIpc) is 2.66. The fourth-order valence-electron chi connectivity index (χ4n) is 2.70. The molecule has 0 unspecified atom stereocenters. The fraction of sp³-hybridized carbons (Fsp3) is 0.143. The fourth-order valence-corrected chi connectivity index (χ4v) is 3.90. The van der Waals surface area contributed by atoms with Crippen LogP contribution in [0, 0.1) is 5.82 Å². The number of methoxy groups -OCH3 is 1. The first-order chi connectivity index (χ1) is 13.9. The maximum Gasteiger partial charge on any atom is 0.167 e. The number of benzene rings is 3. The molecule has 29 heavy (non-hydrogen) atoms. The highest BCUT2D eigenvalue weighted by Gasteiger charge is 2.16. The van der Waals surface area contributed by atoms with Gasteiger partial charge in [0.25, 0.3) is 0 Å². The maximum atomic E-state index is 13.3. The molecule has 0 aliphatic rings. The summed E-state index contributed by atoms with van der Waals surface area (Å²) in [4.78, 5) is 0. The highest BCUT2D eigenvalue weighted by atomic mass is 79.9. The molecule has 0 atom stereocenters. The summed E-state index contributed by atoms with van der Waals surface area (Å²) < 4.78 is 25.6. The van der Waals surface area contributed by atoms with Gasteiger partial charge >= 0.3 is 0 Å². The number of hydrogen-bond donors (Lipinski definition) is 1. The molecule has 1 N–H and O–H groups in total. The number of halogens is 5. The van der Waals surface area contributed by atoms with Gasteiger partial charge in [0.05, 0.1) is 12.1 Å². The minimum absolute atomic E-state index is 0.155. The molecule has 152 valence electrons. The van der Waals surface area contributed by atoms with Crippen molar-refractivity contribution < 1.29 is 13.9 Å². The molecule has 3 aromatic carbocycles. The molecule has 0 fully saturated rings. The van der Waals surface area contributed by atoms with Crippen molar-refractivity contribution in [2.24, 2.45) is 0 Å². The summed E-state index contributed by atoms with van der Waals surface area (Å²) in [5.41, 5.74) is 2.26. The largest absolute Gasteiger partial charge is 0.493 e. The van der Waals surface area contributed by atoms with E-state index in [9.17, 15) is 4.39 Å². The van der Waals surface area contributed by atoms with Crippen molar-refractivity contribution in [3.63, 3.8) is 0 Å². The van der Waals surface area contributed by atoms with Crippen LogP contribution in [0.1, 0.15) is 11.1 Å². The third-order valence-electron chi connectivity index (χ3n) is 4.11. The second-order valence-corrected chi connectivity index (χ2v) is 8.23. The van der Waals surface area contributed by atoms with Gasteiger partial charge in [-0.2, -0.15) is 0 Å². The summed E-state index contributed by atoms with van der Waals surface area (Å²) in [5, 5.41) is 4.65. The van der Waals surface area contributed by atoms with Crippen LogP contribution in [0.3, 0.4) is 0 Å². The van der Waals surface area contributed by atoms with E-state index < -0.39 is 5.82 Å². The lowest BCUT2D eigenvalue weighted by Gasteiger charge is -2.18. The number of ether oxygens (including phenoxy) is 2. The van der Waals surface area contributed by atoms with Crippen LogP contribution in [0.15, 0.2) is 53.0 Å². The van der Waals surface area contributed by atoms with Crippen LogP contribution in [-0.2, 0) is 13.2 Å². The van der Waals surface area contributed by atoms with E-state index in [1.165, 1.54) is 12.1 Å². The standard InChI is InChI=1S/C21H16BrCl3FNO2/c1-28-20-5-4-18(22)17(10-27-16-7-13(23)6-14(24)8-16)21(20)29-11-12-2-3-15(26)9-19(12)25/h2-9,27H,10-11H2,1H3. The van der Waals surface area contributed by atoms with Crippen molar-refractivity contribution >= 4 is 56.4 Å². The predicted octanol–water partition coefficient (Wildman–Crippen LogP) is 7.75. The van der Waals surface area contributed by atoms with Crippen LogP contribution in [0.4, 0.5) is 10.1 Å². The average molecular weight is 520 g/mol. The normalized spacial score (nSPS) is 10.7. The summed E-state index contributed by atoms with van der Waals surface area (Å²) in [7, 11) is 1.56. The smallest absolute Gasteiger partial charge is 0.167 e. The van der Waals surface area contributed by atoms with Crippen molar-refractivity contribution in [3.8, 4) is 11.5 Å². The Morgan fingerprint density at radius 1 is 1.00 bits per heavy atom. The minimum atomic E-state index is -0.399. The molecular weight excluding hydrogens is 503 g/mol. The molecule has 3 aromatic rings. The first-order valence-corrected chi connectivity index (χ1v) is 10.4. The Bertz CT molecular complexity index is 1010. The van der Waals surface area contributed by atoms with Gasteiger partial charge in [0.1, 0.15) is 12.4 Å². The van der Waals surface area contributed by atoms with E-state index in [0.29, 0.717) is 38.7 Å². The number of hydrogen-bond acceptors (Lipinski definition) is 3.